The van der Waals surface area contributed by atoms with Crippen molar-refractivity contribution in [1.82, 2.24) is 4.67 Å². The summed E-state index contributed by atoms with van der Waals surface area (Å²) >= 11 is 5.92. The molecule has 0 fully saturated rings. The summed E-state index contributed by atoms with van der Waals surface area (Å²) in [5, 5.41) is 0. The van der Waals surface area contributed by atoms with Gasteiger partial charge in [0.05, 0.1) is 0 Å². The number of rotatable bonds is 4. The maximum atomic E-state index is 11.8. The predicted octanol–water partition coefficient (Wildman–Crippen LogP) is 3.17. The highest BCUT2D eigenvalue weighted by Gasteiger charge is 2.28. The van der Waals surface area contributed by atoms with Crippen molar-refractivity contribution in [2.24, 2.45) is 0 Å². The lowest BCUT2D eigenvalue weighted by Crippen LogP contribution is -2.21. The summed E-state index contributed by atoms with van der Waals surface area (Å²) in [6.07, 6.45) is 0. The zero-order valence-corrected chi connectivity index (χ0v) is 9.32. The van der Waals surface area contributed by atoms with Crippen LogP contribution in [0, 0.1) is 0 Å². The van der Waals surface area contributed by atoms with Gasteiger partial charge in [0.15, 0.2) is 0 Å². The first-order valence-electron chi connectivity index (χ1n) is 4.01. The molecule has 4 heteroatoms. The highest BCUT2D eigenvalue weighted by Crippen LogP contribution is 2.58. The van der Waals surface area contributed by atoms with Gasteiger partial charge < -0.3 is 0 Å². The third kappa shape index (κ3) is 2.77. The second-order valence-electron chi connectivity index (χ2n) is 2.78. The average molecular weight is 198 g/mol. The zero-order valence-electron chi connectivity index (χ0n) is 7.67. The predicted molar refractivity (Wildman–Crippen MR) is 51.5 cm³/mol. The molecular weight excluding hydrogens is 181 g/mol. The second-order valence-corrected chi connectivity index (χ2v) is 6.92. The molecule has 0 radical (unpaired) electrons. The molecule has 0 saturated heterocycles. The minimum atomic E-state index is -2.57. The molecule has 1 unspecified atom stereocenters. The van der Waals surface area contributed by atoms with Crippen molar-refractivity contribution in [1.29, 1.82) is 0 Å². The van der Waals surface area contributed by atoms with Gasteiger partial charge in [-0.3, -0.25) is 4.57 Å². The van der Waals surface area contributed by atoms with E-state index in [2.05, 4.69) is 0 Å². The van der Waals surface area contributed by atoms with Gasteiger partial charge in [0.1, 0.15) is 0 Å². The van der Waals surface area contributed by atoms with Crippen LogP contribution in [0.4, 0.5) is 0 Å². The molecule has 11 heavy (non-hydrogen) atoms. The molecule has 0 amide bonds. The first-order chi connectivity index (χ1) is 4.96. The quantitative estimate of drug-likeness (QED) is 0.646. The van der Waals surface area contributed by atoms with Crippen LogP contribution in [0.15, 0.2) is 0 Å². The van der Waals surface area contributed by atoms with Crippen LogP contribution in [0.3, 0.4) is 0 Å². The molecule has 0 aromatic rings. The summed E-state index contributed by atoms with van der Waals surface area (Å²) < 4.78 is 13.6. The van der Waals surface area contributed by atoms with E-state index in [-0.39, 0.29) is 5.66 Å². The minimum Gasteiger partial charge on any atom is -0.289 e. The van der Waals surface area contributed by atoms with Crippen molar-refractivity contribution >= 4 is 17.9 Å². The second kappa shape index (κ2) is 4.49. The molecule has 0 spiro atoms. The van der Waals surface area contributed by atoms with Crippen molar-refractivity contribution in [2.75, 3.05) is 13.1 Å². The Morgan fingerprint density at radius 2 is 1.73 bits per heavy atom. The van der Waals surface area contributed by atoms with Crippen LogP contribution in [-0.2, 0) is 4.57 Å². The lowest BCUT2D eigenvalue weighted by atomic mass is 10.6. The Balaban J connectivity index is 4.38. The Kier molecular flexibility index (Phi) is 4.69. The Hall–Kier alpha value is 0.480. The van der Waals surface area contributed by atoms with Crippen molar-refractivity contribution in [2.45, 2.75) is 33.4 Å². The molecule has 1 atom stereocenters. The standard InChI is InChI=1S/C7H17ClNOP/c1-5-9(6-2)11(8,10)7(3)4/h7H,5-6H2,1-4H3. The van der Waals surface area contributed by atoms with Crippen LogP contribution in [-0.4, -0.2) is 23.4 Å². The fourth-order valence-corrected chi connectivity index (χ4v) is 3.00. The summed E-state index contributed by atoms with van der Waals surface area (Å²) in [6.45, 7) is 6.69. The van der Waals surface area contributed by atoms with Gasteiger partial charge in [-0.25, -0.2) is 4.67 Å². The van der Waals surface area contributed by atoms with E-state index in [4.69, 9.17) is 11.2 Å². The number of nitrogens with zero attached hydrogens (tertiary/aromatic N) is 1. The van der Waals surface area contributed by atoms with Gasteiger partial charge >= 0.3 is 0 Å². The molecule has 0 aromatic carbocycles. The lowest BCUT2D eigenvalue weighted by Gasteiger charge is -2.26. The van der Waals surface area contributed by atoms with Gasteiger partial charge in [-0.15, -0.1) is 0 Å². The number of halogens is 1. The van der Waals surface area contributed by atoms with Gasteiger partial charge in [0, 0.05) is 18.7 Å². The van der Waals surface area contributed by atoms with Crippen LogP contribution < -0.4 is 0 Å². The molecular formula is C7H17ClNOP. The molecule has 0 saturated carbocycles. The molecule has 0 aliphatic heterocycles. The van der Waals surface area contributed by atoms with Crippen LogP contribution >= 0.6 is 17.9 Å². The zero-order chi connectivity index (χ0) is 9.07. The van der Waals surface area contributed by atoms with E-state index < -0.39 is 6.65 Å². The Morgan fingerprint density at radius 1 is 1.36 bits per heavy atom. The maximum Gasteiger partial charge on any atom is 0.237 e. The van der Waals surface area contributed by atoms with E-state index in [1.165, 1.54) is 0 Å². The van der Waals surface area contributed by atoms with Crippen LogP contribution in [0.25, 0.3) is 0 Å². The van der Waals surface area contributed by atoms with Gasteiger partial charge in [-0.2, -0.15) is 0 Å². The lowest BCUT2D eigenvalue weighted by molar-refractivity contribution is 0.449. The normalized spacial score (nSPS) is 17.4. The topological polar surface area (TPSA) is 20.3 Å². The fraction of sp³-hybridized carbons (Fsp3) is 1.00. The molecule has 0 aliphatic rings. The van der Waals surface area contributed by atoms with E-state index >= 15 is 0 Å². The van der Waals surface area contributed by atoms with E-state index in [9.17, 15) is 4.57 Å². The number of hydrogen-bond acceptors (Lipinski definition) is 1. The van der Waals surface area contributed by atoms with Gasteiger partial charge in [0.25, 0.3) is 0 Å². The maximum absolute atomic E-state index is 11.8. The summed E-state index contributed by atoms with van der Waals surface area (Å²) in [7, 11) is 0. The van der Waals surface area contributed by atoms with Gasteiger partial charge in [0.2, 0.25) is 6.65 Å². The summed E-state index contributed by atoms with van der Waals surface area (Å²) in [4.78, 5) is 0. The largest absolute Gasteiger partial charge is 0.289 e. The van der Waals surface area contributed by atoms with Gasteiger partial charge in [-0.1, -0.05) is 27.7 Å². The molecule has 0 N–H and O–H groups in total. The summed E-state index contributed by atoms with van der Waals surface area (Å²) in [5.41, 5.74) is 0.0454. The minimum absolute atomic E-state index is 0.0454. The molecule has 0 rings (SSSR count). The smallest absolute Gasteiger partial charge is 0.237 e. The van der Waals surface area contributed by atoms with Crippen molar-refractivity contribution < 1.29 is 4.57 Å². The van der Waals surface area contributed by atoms with Crippen LogP contribution in [0.2, 0.25) is 0 Å². The molecule has 0 aromatic heterocycles. The van der Waals surface area contributed by atoms with Crippen molar-refractivity contribution in [3.63, 3.8) is 0 Å². The van der Waals surface area contributed by atoms with E-state index in [0.717, 1.165) is 13.1 Å². The molecule has 2 nitrogen and oxygen atoms in total. The van der Waals surface area contributed by atoms with Crippen molar-refractivity contribution in [3.05, 3.63) is 0 Å². The molecule has 0 aliphatic carbocycles. The highest BCUT2D eigenvalue weighted by molar-refractivity contribution is 7.87. The Morgan fingerprint density at radius 3 is 1.82 bits per heavy atom. The van der Waals surface area contributed by atoms with Gasteiger partial charge in [-0.05, 0) is 11.2 Å². The third-order valence-electron chi connectivity index (χ3n) is 1.75. The molecule has 68 valence electrons. The number of hydrogen-bond donors (Lipinski definition) is 0. The average Bonchev–Trinajstić information content (AvgIpc) is 1.89. The Bertz CT molecular complexity index is 157. The first kappa shape index (κ1) is 11.5. The summed E-state index contributed by atoms with van der Waals surface area (Å²) in [5.74, 6) is 0. The Labute approximate surface area is 74.1 Å². The summed E-state index contributed by atoms with van der Waals surface area (Å²) in [6, 6.07) is 0. The third-order valence-corrected chi connectivity index (χ3v) is 6.18. The van der Waals surface area contributed by atoms with Crippen LogP contribution in [0.5, 0.6) is 0 Å². The first-order valence-corrected chi connectivity index (χ1v) is 6.64. The SMILES string of the molecule is CCN(CC)P(=O)(Cl)C(C)C. The van der Waals surface area contributed by atoms with E-state index in [1.807, 2.05) is 32.4 Å². The monoisotopic (exact) mass is 197 g/mol. The van der Waals surface area contributed by atoms with E-state index in [1.54, 1.807) is 0 Å². The van der Waals surface area contributed by atoms with E-state index in [0.29, 0.717) is 0 Å². The van der Waals surface area contributed by atoms with Crippen molar-refractivity contribution in [3.8, 4) is 0 Å². The molecule has 0 bridgehead atoms. The fourth-order valence-electron chi connectivity index (χ4n) is 0.936. The highest BCUT2D eigenvalue weighted by atomic mass is 35.7. The molecule has 0 heterocycles. The van der Waals surface area contributed by atoms with Crippen LogP contribution in [0.1, 0.15) is 27.7 Å².